The van der Waals surface area contributed by atoms with Crippen molar-refractivity contribution in [3.63, 3.8) is 0 Å². The quantitative estimate of drug-likeness (QED) is 0.705. The normalized spacial score (nSPS) is 11.5. The molecule has 5 heteroatoms. The molecule has 1 heterocycles. The van der Waals surface area contributed by atoms with Gasteiger partial charge in [-0.1, -0.05) is 18.2 Å². The van der Waals surface area contributed by atoms with E-state index in [1.165, 1.54) is 18.2 Å². The molecule has 0 unspecified atom stereocenters. The summed E-state index contributed by atoms with van der Waals surface area (Å²) in [7, 11) is 0. The zero-order chi connectivity index (χ0) is 18.8. The van der Waals surface area contributed by atoms with E-state index in [1.54, 1.807) is 41.0 Å². The Balaban J connectivity index is 2.51. The molecule has 0 aliphatic rings. The molecule has 0 aliphatic heterocycles. The van der Waals surface area contributed by atoms with Crippen LogP contribution in [0.5, 0.6) is 0 Å². The first kappa shape index (κ1) is 17.6. The standard InChI is InChI=1S/C21H18FNO3/c1-13(2)23-20(14-7-9-15(22)10-8-14)17(11-12-19(24)25)16-5-3-4-6-18(16)21(23)26/h3-13H,1-2H3,(H,24,25). The largest absolute Gasteiger partial charge is 0.478 e. The number of halogens is 1. The van der Waals surface area contributed by atoms with E-state index in [1.807, 2.05) is 13.8 Å². The number of benzene rings is 2. The number of hydrogen-bond acceptors (Lipinski definition) is 2. The van der Waals surface area contributed by atoms with Crippen LogP contribution in [0.1, 0.15) is 25.5 Å². The minimum Gasteiger partial charge on any atom is -0.478 e. The molecule has 0 spiro atoms. The molecule has 0 amide bonds. The second kappa shape index (κ2) is 6.96. The summed E-state index contributed by atoms with van der Waals surface area (Å²) in [5.41, 5.74) is 1.67. The zero-order valence-corrected chi connectivity index (χ0v) is 14.4. The van der Waals surface area contributed by atoms with E-state index in [-0.39, 0.29) is 17.4 Å². The number of nitrogens with zero attached hydrogens (tertiary/aromatic N) is 1. The van der Waals surface area contributed by atoms with Crippen LogP contribution in [0.3, 0.4) is 0 Å². The van der Waals surface area contributed by atoms with Crippen LogP contribution in [-0.4, -0.2) is 15.6 Å². The second-order valence-corrected chi connectivity index (χ2v) is 6.26. The number of aliphatic carboxylic acids is 1. The van der Waals surface area contributed by atoms with Gasteiger partial charge in [0.25, 0.3) is 5.56 Å². The van der Waals surface area contributed by atoms with Gasteiger partial charge in [0.2, 0.25) is 0 Å². The molecule has 0 atom stereocenters. The van der Waals surface area contributed by atoms with Crippen molar-refractivity contribution in [3.8, 4) is 11.3 Å². The monoisotopic (exact) mass is 351 g/mol. The molecule has 3 aromatic rings. The van der Waals surface area contributed by atoms with Crippen LogP contribution in [0.25, 0.3) is 28.1 Å². The van der Waals surface area contributed by atoms with E-state index in [9.17, 15) is 14.0 Å². The topological polar surface area (TPSA) is 59.3 Å². The number of carbonyl (C=O) groups is 1. The van der Waals surface area contributed by atoms with Gasteiger partial charge < -0.3 is 9.67 Å². The number of fused-ring (bicyclic) bond motifs is 1. The fourth-order valence-corrected chi connectivity index (χ4v) is 3.11. The third-order valence-electron chi connectivity index (χ3n) is 4.19. The van der Waals surface area contributed by atoms with Crippen LogP contribution in [0, 0.1) is 5.82 Å². The number of carboxylic acid groups (broad SMARTS) is 1. The van der Waals surface area contributed by atoms with Gasteiger partial charge in [0, 0.05) is 23.1 Å². The molecule has 132 valence electrons. The van der Waals surface area contributed by atoms with Crippen LogP contribution in [0.2, 0.25) is 0 Å². The summed E-state index contributed by atoms with van der Waals surface area (Å²) in [4.78, 5) is 24.2. The first-order valence-electron chi connectivity index (χ1n) is 8.24. The molecule has 1 aromatic heterocycles. The smallest absolute Gasteiger partial charge is 0.328 e. The maximum Gasteiger partial charge on any atom is 0.328 e. The fourth-order valence-electron chi connectivity index (χ4n) is 3.11. The summed E-state index contributed by atoms with van der Waals surface area (Å²) >= 11 is 0. The lowest BCUT2D eigenvalue weighted by Gasteiger charge is -2.21. The van der Waals surface area contributed by atoms with Crippen molar-refractivity contribution in [2.24, 2.45) is 0 Å². The molecule has 0 saturated carbocycles. The predicted octanol–water partition coefficient (Wildman–Crippen LogP) is 4.49. The maximum atomic E-state index is 13.4. The van der Waals surface area contributed by atoms with Gasteiger partial charge in [-0.15, -0.1) is 0 Å². The van der Waals surface area contributed by atoms with Crippen LogP contribution in [-0.2, 0) is 4.79 Å². The second-order valence-electron chi connectivity index (χ2n) is 6.26. The highest BCUT2D eigenvalue weighted by molar-refractivity contribution is 5.98. The molecule has 0 saturated heterocycles. The summed E-state index contributed by atoms with van der Waals surface area (Å²) in [5.74, 6) is -1.46. The number of pyridine rings is 1. The highest BCUT2D eigenvalue weighted by Crippen LogP contribution is 2.31. The number of hydrogen-bond donors (Lipinski definition) is 1. The Labute approximate surface area is 149 Å². The highest BCUT2D eigenvalue weighted by Gasteiger charge is 2.18. The molecule has 1 N–H and O–H groups in total. The lowest BCUT2D eigenvalue weighted by atomic mass is 9.97. The van der Waals surface area contributed by atoms with E-state index in [0.717, 1.165) is 6.08 Å². The predicted molar refractivity (Wildman–Crippen MR) is 101 cm³/mol. The molecule has 4 nitrogen and oxygen atoms in total. The van der Waals surface area contributed by atoms with Gasteiger partial charge >= 0.3 is 5.97 Å². The molecular formula is C21H18FNO3. The summed E-state index contributed by atoms with van der Waals surface area (Å²) < 4.78 is 15.0. The molecule has 26 heavy (non-hydrogen) atoms. The maximum absolute atomic E-state index is 13.4. The molecule has 0 fully saturated rings. The van der Waals surface area contributed by atoms with Gasteiger partial charge in [0.05, 0.1) is 5.69 Å². The number of aromatic nitrogens is 1. The summed E-state index contributed by atoms with van der Waals surface area (Å²) in [6.45, 7) is 3.77. The van der Waals surface area contributed by atoms with E-state index < -0.39 is 5.97 Å². The summed E-state index contributed by atoms with van der Waals surface area (Å²) in [6.07, 6.45) is 2.53. The molecule has 2 aromatic carbocycles. The first-order valence-corrected chi connectivity index (χ1v) is 8.24. The number of carboxylic acids is 1. The van der Waals surface area contributed by atoms with Crippen molar-refractivity contribution in [2.45, 2.75) is 19.9 Å². The Morgan fingerprint density at radius 1 is 1.08 bits per heavy atom. The molecule has 0 radical (unpaired) electrons. The van der Waals surface area contributed by atoms with Crippen LogP contribution in [0.4, 0.5) is 4.39 Å². The van der Waals surface area contributed by atoms with Crippen molar-refractivity contribution in [3.05, 3.63) is 76.3 Å². The van der Waals surface area contributed by atoms with E-state index >= 15 is 0 Å². The van der Waals surface area contributed by atoms with Crippen LogP contribution >= 0.6 is 0 Å². The minimum atomic E-state index is -1.08. The van der Waals surface area contributed by atoms with Crippen molar-refractivity contribution < 1.29 is 14.3 Å². The van der Waals surface area contributed by atoms with Gasteiger partial charge in [0.15, 0.2) is 0 Å². The Kier molecular flexibility index (Phi) is 4.71. The molecular weight excluding hydrogens is 333 g/mol. The fraction of sp³-hybridized carbons (Fsp3) is 0.143. The Hall–Kier alpha value is -3.21. The highest BCUT2D eigenvalue weighted by atomic mass is 19.1. The Morgan fingerprint density at radius 2 is 1.69 bits per heavy atom. The average molecular weight is 351 g/mol. The van der Waals surface area contributed by atoms with Crippen LogP contribution in [0.15, 0.2) is 59.4 Å². The van der Waals surface area contributed by atoms with Gasteiger partial charge in [-0.3, -0.25) is 4.79 Å². The van der Waals surface area contributed by atoms with Gasteiger partial charge in [0.1, 0.15) is 5.82 Å². The van der Waals surface area contributed by atoms with E-state index in [0.29, 0.717) is 27.6 Å². The van der Waals surface area contributed by atoms with Crippen molar-refractivity contribution >= 4 is 22.8 Å². The van der Waals surface area contributed by atoms with Gasteiger partial charge in [-0.2, -0.15) is 0 Å². The van der Waals surface area contributed by atoms with E-state index in [4.69, 9.17) is 5.11 Å². The van der Waals surface area contributed by atoms with Crippen LogP contribution < -0.4 is 5.56 Å². The van der Waals surface area contributed by atoms with Crippen molar-refractivity contribution in [1.82, 2.24) is 4.57 Å². The van der Waals surface area contributed by atoms with Gasteiger partial charge in [-0.05, 0) is 61.2 Å². The lowest BCUT2D eigenvalue weighted by Crippen LogP contribution is -2.25. The first-order chi connectivity index (χ1) is 12.4. The Morgan fingerprint density at radius 3 is 2.27 bits per heavy atom. The minimum absolute atomic E-state index is 0.163. The molecule has 0 bridgehead atoms. The van der Waals surface area contributed by atoms with Crippen molar-refractivity contribution in [2.75, 3.05) is 0 Å². The lowest BCUT2D eigenvalue weighted by molar-refractivity contribution is -0.131. The average Bonchev–Trinajstić information content (AvgIpc) is 2.61. The molecule has 0 aliphatic carbocycles. The number of rotatable bonds is 4. The third kappa shape index (κ3) is 3.16. The zero-order valence-electron chi connectivity index (χ0n) is 14.4. The summed E-state index contributed by atoms with van der Waals surface area (Å²) in [6, 6.07) is 12.8. The summed E-state index contributed by atoms with van der Waals surface area (Å²) in [5, 5.41) is 10.2. The van der Waals surface area contributed by atoms with Gasteiger partial charge in [-0.25, -0.2) is 9.18 Å². The third-order valence-corrected chi connectivity index (χ3v) is 4.19. The molecule has 3 rings (SSSR count). The SMILES string of the molecule is CC(C)n1c(-c2ccc(F)cc2)c(C=CC(=O)O)c2ccccc2c1=O. The van der Waals surface area contributed by atoms with E-state index in [2.05, 4.69) is 0 Å². The van der Waals surface area contributed by atoms with Crippen molar-refractivity contribution in [1.29, 1.82) is 0 Å². The Bertz CT molecular complexity index is 1060.